The van der Waals surface area contributed by atoms with E-state index in [1.54, 1.807) is 0 Å². The van der Waals surface area contributed by atoms with Crippen LogP contribution in [0.1, 0.15) is 31.4 Å². The van der Waals surface area contributed by atoms with Gasteiger partial charge in [0.25, 0.3) is 4.98 Å². The lowest BCUT2D eigenvalue weighted by Gasteiger charge is -2.30. The molecule has 9 nitrogen and oxygen atoms in total. The van der Waals surface area contributed by atoms with E-state index in [0.717, 1.165) is 31.6 Å². The third kappa shape index (κ3) is 6.01. The summed E-state index contributed by atoms with van der Waals surface area (Å²) in [5, 5.41) is 1.30. The van der Waals surface area contributed by atoms with Gasteiger partial charge in [-0.2, -0.15) is 18.0 Å². The normalized spacial score (nSPS) is 18.6. The van der Waals surface area contributed by atoms with Crippen molar-refractivity contribution in [2.24, 2.45) is 0 Å². The summed E-state index contributed by atoms with van der Waals surface area (Å²) < 4.78 is 92.6. The topological polar surface area (TPSA) is 89.3 Å². The number of ether oxygens (including phenoxy) is 3. The van der Waals surface area contributed by atoms with Crippen LogP contribution in [-0.2, 0) is 20.8 Å². The zero-order valence-corrected chi connectivity index (χ0v) is 17.8. The maximum atomic E-state index is 13.7. The number of carbonyl (C=O) groups excluding carboxylic acids is 1. The number of nitroso groups, excluding NO2 is 1. The summed E-state index contributed by atoms with van der Waals surface area (Å²) in [4.78, 5) is 29.2. The summed E-state index contributed by atoms with van der Waals surface area (Å²) in [7, 11) is 0. The molecule has 1 aromatic rings. The van der Waals surface area contributed by atoms with Gasteiger partial charge in [0.05, 0.1) is 23.6 Å². The number of rotatable bonds is 8. The zero-order chi connectivity index (χ0) is 25.3. The summed E-state index contributed by atoms with van der Waals surface area (Å²) >= 11 is 0. The lowest BCUT2D eigenvalue weighted by atomic mass is 9.97. The van der Waals surface area contributed by atoms with Crippen LogP contribution < -0.4 is 15.1 Å². The Morgan fingerprint density at radius 2 is 1.94 bits per heavy atom. The molecule has 2 aliphatic heterocycles. The van der Waals surface area contributed by atoms with Gasteiger partial charge in [0.1, 0.15) is 11.5 Å². The average Bonchev–Trinajstić information content (AvgIpc) is 2.67. The minimum atomic E-state index is -5.06. The number of halogens is 6. The molecule has 1 aromatic carbocycles. The largest absolute Gasteiger partial charge is 0.573 e. The van der Waals surface area contributed by atoms with Crippen LogP contribution in [0.4, 0.5) is 26.3 Å². The van der Waals surface area contributed by atoms with E-state index in [0.29, 0.717) is 13.1 Å². The van der Waals surface area contributed by atoms with Gasteiger partial charge in [0.15, 0.2) is 0 Å². The monoisotopic (exact) mass is 500 g/mol. The van der Waals surface area contributed by atoms with E-state index in [9.17, 15) is 36.0 Å². The SMILES string of the molecule is CCc1cc(OC(F)(F)F)cc2c1O[C@H](C(F)(F)F)C(C(=O)OC(C)ON[N+](=O)N1CCC1)=C2. The summed E-state index contributed by atoms with van der Waals surface area (Å²) in [5.74, 6) is -2.54. The molecule has 0 aromatic heterocycles. The molecule has 2 atom stereocenters. The van der Waals surface area contributed by atoms with E-state index >= 15 is 0 Å². The van der Waals surface area contributed by atoms with Gasteiger partial charge in [-0.3, -0.25) is 0 Å². The van der Waals surface area contributed by atoms with Crippen molar-refractivity contribution in [1.29, 1.82) is 0 Å². The van der Waals surface area contributed by atoms with E-state index in [-0.39, 0.29) is 28.3 Å². The number of hydrogen-bond donors (Lipinski definition) is 1. The Kier molecular flexibility index (Phi) is 7.14. The fraction of sp³-hybridized carbons (Fsp3) is 0.526. The summed E-state index contributed by atoms with van der Waals surface area (Å²) in [6.07, 6.45) is -12.8. The fourth-order valence-electron chi connectivity index (χ4n) is 3.12. The first-order valence-electron chi connectivity index (χ1n) is 10.0. The van der Waals surface area contributed by atoms with E-state index in [1.165, 1.54) is 11.9 Å². The van der Waals surface area contributed by atoms with Crippen LogP contribution in [0.2, 0.25) is 0 Å². The average molecular weight is 500 g/mol. The van der Waals surface area contributed by atoms with Gasteiger partial charge in [-0.15, -0.1) is 18.2 Å². The highest BCUT2D eigenvalue weighted by Gasteiger charge is 2.49. The highest BCUT2D eigenvalue weighted by Crippen LogP contribution is 2.42. The maximum absolute atomic E-state index is 13.7. The molecule has 2 heterocycles. The van der Waals surface area contributed by atoms with E-state index < -0.39 is 42.2 Å². The highest BCUT2D eigenvalue weighted by molar-refractivity contribution is 5.96. The Bertz CT molecular complexity index is 976. The number of benzene rings is 1. The molecule has 0 amide bonds. The van der Waals surface area contributed by atoms with Crippen molar-refractivity contribution in [1.82, 2.24) is 10.6 Å². The van der Waals surface area contributed by atoms with Crippen molar-refractivity contribution in [2.45, 2.75) is 51.6 Å². The Hall–Kier alpha value is -3.23. The number of nitrogens with one attached hydrogen (secondary N) is 1. The van der Waals surface area contributed by atoms with Gasteiger partial charge < -0.3 is 14.2 Å². The van der Waals surface area contributed by atoms with Gasteiger partial charge >= 0.3 is 18.5 Å². The molecule has 1 N–H and O–H groups in total. The number of hydrazine groups is 2. The number of aryl methyl sites for hydroxylation is 1. The number of fused-ring (bicyclic) bond motifs is 1. The van der Waals surface area contributed by atoms with Crippen LogP contribution >= 0.6 is 0 Å². The standard InChI is InChI=1S/C19H20F6N3O6/c1-3-11-7-13(33-19(23,24)25)8-12-9-14(16(18(20,21)22)32-15(11)12)17(29)31-10(2)34-26-28(30)27-5-4-6-27/h7-10,16H,3-6H2,1-2H3,(H,26,30)/q+1/t10?,16-/m0/s1. The fourth-order valence-corrected chi connectivity index (χ4v) is 3.12. The first-order chi connectivity index (χ1) is 15.8. The molecule has 15 heteroatoms. The molecular weight excluding hydrogens is 480 g/mol. The van der Waals surface area contributed by atoms with Crippen molar-refractivity contribution >= 4 is 12.0 Å². The molecule has 0 aliphatic carbocycles. The molecule has 0 spiro atoms. The Morgan fingerprint density at radius 3 is 2.47 bits per heavy atom. The molecule has 1 saturated heterocycles. The number of esters is 1. The second-order valence-electron chi connectivity index (χ2n) is 7.30. The third-order valence-corrected chi connectivity index (χ3v) is 4.80. The van der Waals surface area contributed by atoms with Crippen LogP contribution in [0.15, 0.2) is 17.7 Å². The molecule has 1 fully saturated rings. The predicted molar refractivity (Wildman–Crippen MR) is 101 cm³/mol. The first kappa shape index (κ1) is 25.4. The molecule has 188 valence electrons. The molecule has 0 radical (unpaired) electrons. The lowest BCUT2D eigenvalue weighted by Crippen LogP contribution is -2.50. The number of alkyl halides is 6. The van der Waals surface area contributed by atoms with Gasteiger partial charge in [-0.05, 0) is 36.6 Å². The van der Waals surface area contributed by atoms with Crippen LogP contribution in [0, 0.1) is 4.91 Å². The minimum absolute atomic E-state index is 0.0112. The van der Waals surface area contributed by atoms with E-state index in [4.69, 9.17) is 14.3 Å². The van der Waals surface area contributed by atoms with Crippen LogP contribution in [0.25, 0.3) is 6.08 Å². The van der Waals surface area contributed by atoms with Crippen LogP contribution in [0.3, 0.4) is 0 Å². The molecule has 2 aliphatic rings. The molecule has 34 heavy (non-hydrogen) atoms. The Morgan fingerprint density at radius 1 is 1.26 bits per heavy atom. The number of nitrogens with zero attached hydrogens (tertiary/aromatic N) is 2. The van der Waals surface area contributed by atoms with Gasteiger partial charge in [-0.25, -0.2) is 4.79 Å². The number of hydrogen-bond acceptors (Lipinski definition) is 6. The van der Waals surface area contributed by atoms with Gasteiger partial charge in [0, 0.05) is 18.1 Å². The van der Waals surface area contributed by atoms with Gasteiger partial charge in [-0.1, -0.05) is 6.92 Å². The second-order valence-corrected chi connectivity index (χ2v) is 7.30. The van der Waals surface area contributed by atoms with Gasteiger partial charge in [0.2, 0.25) is 12.4 Å². The van der Waals surface area contributed by atoms with Crippen molar-refractivity contribution < 1.29 is 55.2 Å². The quantitative estimate of drug-likeness (QED) is 0.191. The lowest BCUT2D eigenvalue weighted by molar-refractivity contribution is -0.801. The molecule has 1 unspecified atom stereocenters. The minimum Gasteiger partial charge on any atom is -0.475 e. The van der Waals surface area contributed by atoms with Crippen molar-refractivity contribution in [3.05, 3.63) is 33.7 Å². The summed E-state index contributed by atoms with van der Waals surface area (Å²) in [5.41, 5.74) is 0.676. The van der Waals surface area contributed by atoms with E-state index in [1.807, 2.05) is 5.59 Å². The van der Waals surface area contributed by atoms with Crippen molar-refractivity contribution in [2.75, 3.05) is 13.1 Å². The first-order valence-corrected chi connectivity index (χ1v) is 10.0. The highest BCUT2D eigenvalue weighted by atomic mass is 19.4. The van der Waals surface area contributed by atoms with Crippen molar-refractivity contribution in [3.8, 4) is 11.5 Å². The van der Waals surface area contributed by atoms with Crippen molar-refractivity contribution in [3.63, 3.8) is 0 Å². The Labute approximate surface area is 188 Å². The zero-order valence-electron chi connectivity index (χ0n) is 17.8. The summed E-state index contributed by atoms with van der Waals surface area (Å²) in [6, 6.07) is 1.71. The Balaban J connectivity index is 1.84. The second kappa shape index (κ2) is 9.56. The van der Waals surface area contributed by atoms with Crippen LogP contribution in [-0.4, -0.2) is 54.0 Å². The maximum Gasteiger partial charge on any atom is 0.573 e. The predicted octanol–water partition coefficient (Wildman–Crippen LogP) is 3.58. The number of carbonyl (C=O) groups is 1. The third-order valence-electron chi connectivity index (χ3n) is 4.80. The van der Waals surface area contributed by atoms with E-state index in [2.05, 4.69) is 4.74 Å². The van der Waals surface area contributed by atoms with Crippen LogP contribution in [0.5, 0.6) is 11.5 Å². The smallest absolute Gasteiger partial charge is 0.475 e. The molecule has 0 bridgehead atoms. The summed E-state index contributed by atoms with van der Waals surface area (Å²) in [6.45, 7) is 3.56. The molecule has 3 rings (SSSR count). The molecular formula is C19H20F6N3O6+. The molecule has 0 saturated carbocycles.